The summed E-state index contributed by atoms with van der Waals surface area (Å²) in [7, 11) is 1.90. The van der Waals surface area contributed by atoms with Gasteiger partial charge >= 0.3 is 0 Å². The van der Waals surface area contributed by atoms with Crippen LogP contribution in [0.15, 0.2) is 24.4 Å². The minimum atomic E-state index is -0.736. The lowest BCUT2D eigenvalue weighted by Crippen LogP contribution is -2.21. The number of phenolic OH excluding ortho intramolecular Hbond substituents is 1. The Labute approximate surface area is 94.9 Å². The van der Waals surface area contributed by atoms with Gasteiger partial charge in [0.25, 0.3) is 0 Å². The number of hydrogen-bond donors (Lipinski definition) is 2. The number of benzene rings is 1. The molecule has 3 nitrogen and oxygen atoms in total. The van der Waals surface area contributed by atoms with Crippen LogP contribution in [0.1, 0.15) is 19.4 Å². The van der Waals surface area contributed by atoms with Crippen molar-refractivity contribution in [2.45, 2.75) is 25.9 Å². The van der Waals surface area contributed by atoms with E-state index in [1.165, 1.54) is 0 Å². The van der Waals surface area contributed by atoms with Crippen molar-refractivity contribution in [3.05, 3.63) is 30.0 Å². The van der Waals surface area contributed by atoms with Crippen molar-refractivity contribution in [3.8, 4) is 5.75 Å². The summed E-state index contributed by atoms with van der Waals surface area (Å²) in [5.74, 6) is 0.280. The van der Waals surface area contributed by atoms with Crippen molar-refractivity contribution in [3.63, 3.8) is 0 Å². The second-order valence-corrected chi connectivity index (χ2v) is 4.93. The number of aromatic nitrogens is 1. The minimum absolute atomic E-state index is 0.280. The van der Waals surface area contributed by atoms with Crippen LogP contribution in [0.2, 0.25) is 0 Å². The van der Waals surface area contributed by atoms with Gasteiger partial charge in [-0.3, -0.25) is 0 Å². The van der Waals surface area contributed by atoms with E-state index in [1.54, 1.807) is 19.9 Å². The molecule has 0 unspecified atom stereocenters. The van der Waals surface area contributed by atoms with Gasteiger partial charge in [0.2, 0.25) is 0 Å². The van der Waals surface area contributed by atoms with E-state index in [4.69, 9.17) is 0 Å². The second kappa shape index (κ2) is 3.52. The summed E-state index contributed by atoms with van der Waals surface area (Å²) in [5.41, 5.74) is 1.14. The van der Waals surface area contributed by atoms with Crippen molar-refractivity contribution in [1.29, 1.82) is 0 Å². The Morgan fingerprint density at radius 2 is 2.00 bits per heavy atom. The van der Waals surface area contributed by atoms with Gasteiger partial charge in [-0.15, -0.1) is 0 Å². The van der Waals surface area contributed by atoms with Crippen LogP contribution in [0.3, 0.4) is 0 Å². The van der Waals surface area contributed by atoms with Crippen LogP contribution in [0.4, 0.5) is 0 Å². The third kappa shape index (κ3) is 1.91. The first-order valence-corrected chi connectivity index (χ1v) is 5.37. The molecule has 0 aliphatic rings. The molecule has 1 aromatic heterocycles. The highest BCUT2D eigenvalue weighted by molar-refractivity contribution is 5.88. The Kier molecular flexibility index (Phi) is 2.43. The smallest absolute Gasteiger partial charge is 0.139 e. The van der Waals surface area contributed by atoms with Crippen LogP contribution in [0, 0.1) is 0 Å². The van der Waals surface area contributed by atoms with Gasteiger partial charge in [-0.05, 0) is 25.5 Å². The topological polar surface area (TPSA) is 45.4 Å². The van der Waals surface area contributed by atoms with E-state index in [-0.39, 0.29) is 5.75 Å². The standard InChI is InChI=1S/C13H17NO2/c1-13(2,16)7-9-8-14(3)12-10(9)5-4-6-11(12)15/h4-6,8,15-16H,7H2,1-3H3. The Morgan fingerprint density at radius 3 is 2.62 bits per heavy atom. The number of para-hydroxylation sites is 1. The Bertz CT molecular complexity index is 520. The quantitative estimate of drug-likeness (QED) is 0.813. The predicted molar refractivity (Wildman–Crippen MR) is 64.6 cm³/mol. The molecule has 2 rings (SSSR count). The summed E-state index contributed by atoms with van der Waals surface area (Å²) in [4.78, 5) is 0. The zero-order valence-corrected chi connectivity index (χ0v) is 9.86. The molecule has 16 heavy (non-hydrogen) atoms. The fraction of sp³-hybridized carbons (Fsp3) is 0.385. The van der Waals surface area contributed by atoms with Crippen LogP contribution in [0.5, 0.6) is 5.75 Å². The highest BCUT2D eigenvalue weighted by Gasteiger charge is 2.18. The summed E-state index contributed by atoms with van der Waals surface area (Å²) in [6, 6.07) is 5.47. The van der Waals surface area contributed by atoms with Gasteiger partial charge in [0.15, 0.2) is 0 Å². The van der Waals surface area contributed by atoms with Gasteiger partial charge in [-0.2, -0.15) is 0 Å². The van der Waals surface area contributed by atoms with Gasteiger partial charge in [0.1, 0.15) is 5.75 Å². The zero-order valence-electron chi connectivity index (χ0n) is 9.86. The first kappa shape index (κ1) is 11.0. The highest BCUT2D eigenvalue weighted by Crippen LogP contribution is 2.30. The van der Waals surface area contributed by atoms with Crippen molar-refractivity contribution >= 4 is 10.9 Å². The number of rotatable bonds is 2. The normalized spacial score (nSPS) is 12.2. The third-order valence-corrected chi connectivity index (χ3v) is 2.69. The minimum Gasteiger partial charge on any atom is -0.506 e. The van der Waals surface area contributed by atoms with Crippen molar-refractivity contribution in [2.75, 3.05) is 0 Å². The maximum Gasteiger partial charge on any atom is 0.139 e. The number of aromatic hydroxyl groups is 1. The van der Waals surface area contributed by atoms with E-state index in [1.807, 2.05) is 29.9 Å². The second-order valence-electron chi connectivity index (χ2n) is 4.93. The molecular formula is C13H17NO2. The van der Waals surface area contributed by atoms with E-state index in [9.17, 15) is 10.2 Å². The molecule has 0 fully saturated rings. The van der Waals surface area contributed by atoms with E-state index in [2.05, 4.69) is 0 Å². The fourth-order valence-corrected chi connectivity index (χ4v) is 2.14. The summed E-state index contributed by atoms with van der Waals surface area (Å²) >= 11 is 0. The molecule has 86 valence electrons. The third-order valence-electron chi connectivity index (χ3n) is 2.69. The number of hydrogen-bond acceptors (Lipinski definition) is 2. The van der Waals surface area contributed by atoms with Crippen molar-refractivity contribution in [2.24, 2.45) is 7.05 Å². The van der Waals surface area contributed by atoms with Gasteiger partial charge in [0, 0.05) is 25.1 Å². The molecule has 0 radical (unpaired) electrons. The first-order valence-electron chi connectivity index (χ1n) is 5.37. The average Bonchev–Trinajstić information content (AvgIpc) is 2.42. The lowest BCUT2D eigenvalue weighted by molar-refractivity contribution is 0.0813. The van der Waals surface area contributed by atoms with Gasteiger partial charge < -0.3 is 14.8 Å². The molecule has 0 saturated heterocycles. The van der Waals surface area contributed by atoms with Crippen LogP contribution in [-0.2, 0) is 13.5 Å². The highest BCUT2D eigenvalue weighted by atomic mass is 16.3. The lowest BCUT2D eigenvalue weighted by atomic mass is 9.98. The summed E-state index contributed by atoms with van der Waals surface area (Å²) < 4.78 is 1.89. The van der Waals surface area contributed by atoms with E-state index < -0.39 is 5.60 Å². The molecule has 2 aromatic rings. The number of nitrogens with zero attached hydrogens (tertiary/aromatic N) is 1. The zero-order chi connectivity index (χ0) is 11.9. The number of aliphatic hydroxyl groups is 1. The molecule has 0 aliphatic carbocycles. The van der Waals surface area contributed by atoms with E-state index in [0.29, 0.717) is 6.42 Å². The maximum atomic E-state index is 9.84. The van der Waals surface area contributed by atoms with Crippen molar-refractivity contribution < 1.29 is 10.2 Å². The van der Waals surface area contributed by atoms with Gasteiger partial charge in [0.05, 0.1) is 11.1 Å². The van der Waals surface area contributed by atoms with E-state index in [0.717, 1.165) is 16.5 Å². The maximum absolute atomic E-state index is 9.84. The molecule has 0 amide bonds. The van der Waals surface area contributed by atoms with Crippen LogP contribution >= 0.6 is 0 Å². The lowest BCUT2D eigenvalue weighted by Gasteiger charge is -2.16. The molecule has 0 spiro atoms. The molecule has 0 saturated carbocycles. The summed E-state index contributed by atoms with van der Waals surface area (Å²) in [6.07, 6.45) is 2.54. The summed E-state index contributed by atoms with van der Waals surface area (Å²) in [6.45, 7) is 3.57. The van der Waals surface area contributed by atoms with Crippen molar-refractivity contribution in [1.82, 2.24) is 4.57 Å². The van der Waals surface area contributed by atoms with Crippen LogP contribution < -0.4 is 0 Å². The van der Waals surface area contributed by atoms with Gasteiger partial charge in [-0.25, -0.2) is 0 Å². The average molecular weight is 219 g/mol. The van der Waals surface area contributed by atoms with Crippen LogP contribution in [0.25, 0.3) is 10.9 Å². The monoisotopic (exact) mass is 219 g/mol. The molecule has 1 aromatic carbocycles. The summed E-state index contributed by atoms with van der Waals surface area (Å²) in [5, 5.41) is 20.6. The van der Waals surface area contributed by atoms with E-state index >= 15 is 0 Å². The van der Waals surface area contributed by atoms with Gasteiger partial charge in [-0.1, -0.05) is 12.1 Å². The molecule has 0 atom stereocenters. The molecule has 3 heteroatoms. The largest absolute Gasteiger partial charge is 0.506 e. The molecule has 1 heterocycles. The SMILES string of the molecule is Cn1cc(CC(C)(C)O)c2cccc(O)c21. The molecule has 2 N–H and O–H groups in total. The number of fused-ring (bicyclic) bond motifs is 1. The Hall–Kier alpha value is -1.48. The molecular weight excluding hydrogens is 202 g/mol. The number of phenols is 1. The number of aryl methyl sites for hydroxylation is 1. The predicted octanol–water partition coefficient (Wildman–Crippen LogP) is 2.20. The Morgan fingerprint density at radius 1 is 1.31 bits per heavy atom. The first-order chi connectivity index (χ1) is 7.38. The molecule has 0 aliphatic heterocycles. The fourth-order valence-electron chi connectivity index (χ4n) is 2.14. The van der Waals surface area contributed by atoms with Crippen LogP contribution in [-0.4, -0.2) is 20.4 Å². The Balaban J connectivity index is 2.60. The molecule has 0 bridgehead atoms.